The van der Waals surface area contributed by atoms with Crippen molar-refractivity contribution >= 4 is 17.6 Å². The van der Waals surface area contributed by atoms with Crippen LogP contribution in [-0.4, -0.2) is 61.2 Å². The number of piperidine rings is 1. The maximum Gasteiger partial charge on any atom is 0.343 e. The number of ether oxygens (including phenoxy) is 4. The van der Waals surface area contributed by atoms with Gasteiger partial charge in [-0.3, -0.25) is 4.79 Å². The number of Topliss-reactive ketones (excluding diaryl/α,β-unsaturated/α-hetero) is 1. The van der Waals surface area contributed by atoms with E-state index in [1.807, 2.05) is 4.90 Å². The molecule has 0 amide bonds. The van der Waals surface area contributed by atoms with E-state index in [-0.39, 0.29) is 18.8 Å². The van der Waals surface area contributed by atoms with Crippen LogP contribution in [-0.2, 0) is 4.74 Å². The minimum atomic E-state index is -0.621. The van der Waals surface area contributed by atoms with E-state index in [1.165, 1.54) is 13.3 Å². The first-order valence-corrected chi connectivity index (χ1v) is 10.6. The molecule has 0 unspecified atom stereocenters. The average molecular weight is 441 g/mol. The predicted molar refractivity (Wildman–Crippen MR) is 116 cm³/mol. The molecule has 4 rings (SSSR count). The van der Waals surface area contributed by atoms with Gasteiger partial charge in [-0.15, -0.1) is 0 Å². The maximum atomic E-state index is 13.1. The molecule has 32 heavy (non-hydrogen) atoms. The van der Waals surface area contributed by atoms with E-state index in [9.17, 15) is 9.59 Å². The third-order valence-corrected chi connectivity index (χ3v) is 5.94. The van der Waals surface area contributed by atoms with E-state index in [0.29, 0.717) is 65.9 Å². The van der Waals surface area contributed by atoms with E-state index in [2.05, 4.69) is 9.97 Å². The summed E-state index contributed by atoms with van der Waals surface area (Å²) in [7, 11) is 3.08. The van der Waals surface area contributed by atoms with E-state index >= 15 is 0 Å². The lowest BCUT2D eigenvalue weighted by molar-refractivity contribution is 0.0224. The highest BCUT2D eigenvalue weighted by atomic mass is 16.5. The zero-order chi connectivity index (χ0) is 22.9. The number of ketones is 1. The van der Waals surface area contributed by atoms with E-state index in [4.69, 9.17) is 18.9 Å². The smallest absolute Gasteiger partial charge is 0.343 e. The first-order valence-electron chi connectivity index (χ1n) is 10.6. The standard InChI is InChI=1S/C23H27N3O6/c1-5-31-22(28)16-13-24-14(2)25-21(16)26-8-6-23(7-9-26)12-17(27)20-18(30-4)10-15(29-3)11-19(20)32-23/h10-11,13H,5-9,12H2,1-4H3. The average Bonchev–Trinajstić information content (AvgIpc) is 2.78. The number of carbonyl (C=O) groups is 2. The molecule has 1 aromatic carbocycles. The molecular weight excluding hydrogens is 414 g/mol. The number of benzene rings is 1. The lowest BCUT2D eigenvalue weighted by Gasteiger charge is -2.44. The molecule has 0 radical (unpaired) electrons. The number of hydrogen-bond donors (Lipinski definition) is 0. The lowest BCUT2D eigenvalue weighted by Crippen LogP contribution is -2.51. The molecule has 0 aliphatic carbocycles. The quantitative estimate of drug-likeness (QED) is 0.648. The van der Waals surface area contributed by atoms with Crippen LogP contribution >= 0.6 is 0 Å². The second-order valence-electron chi connectivity index (χ2n) is 7.95. The molecule has 2 aromatic rings. The third kappa shape index (κ3) is 3.94. The fraction of sp³-hybridized carbons (Fsp3) is 0.478. The van der Waals surface area contributed by atoms with Gasteiger partial charge in [0.15, 0.2) is 5.78 Å². The summed E-state index contributed by atoms with van der Waals surface area (Å²) in [5, 5.41) is 0. The molecule has 2 aliphatic rings. The summed E-state index contributed by atoms with van der Waals surface area (Å²) >= 11 is 0. The molecular formula is C23H27N3O6. The number of rotatable bonds is 5. The van der Waals surface area contributed by atoms with Crippen LogP contribution in [0.2, 0.25) is 0 Å². The van der Waals surface area contributed by atoms with Crippen LogP contribution in [0.3, 0.4) is 0 Å². The molecule has 0 N–H and O–H groups in total. The number of fused-ring (bicyclic) bond motifs is 1. The number of methoxy groups -OCH3 is 2. The molecule has 9 heteroatoms. The number of aryl methyl sites for hydroxylation is 1. The van der Waals surface area contributed by atoms with Crippen LogP contribution in [0.5, 0.6) is 17.2 Å². The van der Waals surface area contributed by atoms with Crippen molar-refractivity contribution in [1.82, 2.24) is 9.97 Å². The molecule has 1 saturated heterocycles. The van der Waals surface area contributed by atoms with Gasteiger partial charge in [0.1, 0.15) is 45.6 Å². The number of aromatic nitrogens is 2. The van der Waals surface area contributed by atoms with Crippen molar-refractivity contribution in [2.45, 2.75) is 38.7 Å². The van der Waals surface area contributed by atoms with E-state index < -0.39 is 11.6 Å². The first-order chi connectivity index (χ1) is 15.4. The highest BCUT2D eigenvalue weighted by molar-refractivity contribution is 6.03. The second kappa shape index (κ2) is 8.64. The summed E-state index contributed by atoms with van der Waals surface area (Å²) in [6, 6.07) is 3.42. The minimum absolute atomic E-state index is 0.00991. The fourth-order valence-corrected chi connectivity index (χ4v) is 4.31. The Kier molecular flexibility index (Phi) is 5.90. The van der Waals surface area contributed by atoms with Crippen molar-refractivity contribution in [2.75, 3.05) is 38.8 Å². The number of esters is 1. The maximum absolute atomic E-state index is 13.1. The summed E-state index contributed by atoms with van der Waals surface area (Å²) in [6.45, 7) is 4.97. The van der Waals surface area contributed by atoms with Crippen LogP contribution in [0.15, 0.2) is 18.3 Å². The normalized spacial score (nSPS) is 16.9. The molecule has 1 aromatic heterocycles. The van der Waals surface area contributed by atoms with Crippen LogP contribution in [0.25, 0.3) is 0 Å². The van der Waals surface area contributed by atoms with Crippen molar-refractivity contribution in [3.63, 3.8) is 0 Å². The number of carbonyl (C=O) groups excluding carboxylic acids is 2. The van der Waals surface area contributed by atoms with Crippen LogP contribution in [0, 0.1) is 6.92 Å². The predicted octanol–water partition coefficient (Wildman–Crippen LogP) is 2.98. The molecule has 9 nitrogen and oxygen atoms in total. The summed E-state index contributed by atoms with van der Waals surface area (Å²) in [5.41, 5.74) is 0.177. The molecule has 3 heterocycles. The molecule has 1 fully saturated rings. The van der Waals surface area contributed by atoms with Gasteiger partial charge in [0.25, 0.3) is 0 Å². The Morgan fingerprint density at radius 3 is 2.62 bits per heavy atom. The van der Waals surface area contributed by atoms with Gasteiger partial charge in [-0.05, 0) is 13.8 Å². The topological polar surface area (TPSA) is 100 Å². The van der Waals surface area contributed by atoms with Crippen molar-refractivity contribution in [3.8, 4) is 17.2 Å². The molecule has 0 bridgehead atoms. The van der Waals surface area contributed by atoms with Crippen molar-refractivity contribution in [3.05, 3.63) is 35.3 Å². The Morgan fingerprint density at radius 1 is 1.22 bits per heavy atom. The summed E-state index contributed by atoms with van der Waals surface area (Å²) < 4.78 is 22.3. The highest BCUT2D eigenvalue weighted by Gasteiger charge is 2.45. The van der Waals surface area contributed by atoms with Gasteiger partial charge in [0, 0.05) is 44.3 Å². The van der Waals surface area contributed by atoms with Gasteiger partial charge in [0.05, 0.1) is 27.2 Å². The molecule has 1 spiro atoms. The van der Waals surface area contributed by atoms with Crippen LogP contribution in [0.4, 0.5) is 5.82 Å². The third-order valence-electron chi connectivity index (χ3n) is 5.94. The van der Waals surface area contributed by atoms with Crippen LogP contribution < -0.4 is 19.1 Å². The van der Waals surface area contributed by atoms with Gasteiger partial charge in [-0.1, -0.05) is 0 Å². The molecule has 0 saturated carbocycles. The number of anilines is 1. The first kappa shape index (κ1) is 21.9. The summed E-state index contributed by atoms with van der Waals surface area (Å²) in [6.07, 6.45) is 2.98. The Morgan fingerprint density at radius 2 is 1.97 bits per heavy atom. The molecule has 2 aliphatic heterocycles. The van der Waals surface area contributed by atoms with Gasteiger partial charge < -0.3 is 23.8 Å². The Labute approximate surface area is 186 Å². The van der Waals surface area contributed by atoms with Crippen molar-refractivity contribution < 1.29 is 28.5 Å². The Bertz CT molecular complexity index is 1050. The number of nitrogens with zero attached hydrogens (tertiary/aromatic N) is 3. The monoisotopic (exact) mass is 441 g/mol. The highest BCUT2D eigenvalue weighted by Crippen LogP contribution is 2.45. The minimum Gasteiger partial charge on any atom is -0.496 e. The van der Waals surface area contributed by atoms with Gasteiger partial charge in [0.2, 0.25) is 0 Å². The second-order valence-corrected chi connectivity index (χ2v) is 7.95. The SMILES string of the molecule is CCOC(=O)c1cnc(C)nc1N1CCC2(CC1)CC(=O)c1c(OC)cc(OC)cc1O2. The van der Waals surface area contributed by atoms with Gasteiger partial charge >= 0.3 is 5.97 Å². The van der Waals surface area contributed by atoms with Crippen LogP contribution in [0.1, 0.15) is 52.7 Å². The van der Waals surface area contributed by atoms with Crippen molar-refractivity contribution in [1.29, 1.82) is 0 Å². The fourth-order valence-electron chi connectivity index (χ4n) is 4.31. The number of hydrogen-bond acceptors (Lipinski definition) is 9. The Balaban J connectivity index is 1.58. The Hall–Kier alpha value is -3.36. The van der Waals surface area contributed by atoms with Crippen molar-refractivity contribution in [2.24, 2.45) is 0 Å². The summed E-state index contributed by atoms with van der Waals surface area (Å²) in [5.74, 6) is 2.17. The van der Waals surface area contributed by atoms with Gasteiger partial charge in [-0.25, -0.2) is 14.8 Å². The largest absolute Gasteiger partial charge is 0.496 e. The van der Waals surface area contributed by atoms with E-state index in [0.717, 1.165) is 0 Å². The molecule has 170 valence electrons. The summed E-state index contributed by atoms with van der Waals surface area (Å²) in [4.78, 5) is 36.1. The molecule has 0 atom stereocenters. The van der Waals surface area contributed by atoms with Gasteiger partial charge in [-0.2, -0.15) is 0 Å². The zero-order valence-electron chi connectivity index (χ0n) is 18.8. The lowest BCUT2D eigenvalue weighted by atomic mass is 9.82. The zero-order valence-corrected chi connectivity index (χ0v) is 18.8. The van der Waals surface area contributed by atoms with E-state index in [1.54, 1.807) is 33.1 Å².